The molecule has 1 aromatic carbocycles. The molecule has 0 aliphatic heterocycles. The molecule has 0 spiro atoms. The van der Waals surface area contributed by atoms with Gasteiger partial charge in [-0.15, -0.1) is 6.58 Å². The van der Waals surface area contributed by atoms with Crippen molar-refractivity contribution in [2.75, 3.05) is 11.1 Å². The highest BCUT2D eigenvalue weighted by atomic mass is 14.9. The van der Waals surface area contributed by atoms with Crippen molar-refractivity contribution < 1.29 is 0 Å². The maximum atomic E-state index is 5.80. The first-order valence-corrected chi connectivity index (χ1v) is 4.38. The van der Waals surface area contributed by atoms with Crippen LogP contribution in [0, 0.1) is 6.92 Å². The SMILES string of the molecule is C=CC(C)Nc1cc(C)ccc1N. The Morgan fingerprint density at radius 2 is 2.23 bits per heavy atom. The van der Waals surface area contributed by atoms with E-state index < -0.39 is 0 Å². The fraction of sp³-hybridized carbons (Fsp3) is 0.273. The zero-order chi connectivity index (χ0) is 9.84. The van der Waals surface area contributed by atoms with Gasteiger partial charge in [0.25, 0.3) is 0 Å². The number of hydrogen-bond acceptors (Lipinski definition) is 2. The van der Waals surface area contributed by atoms with Crippen LogP contribution in [0.3, 0.4) is 0 Å². The van der Waals surface area contributed by atoms with Crippen LogP contribution in [-0.4, -0.2) is 6.04 Å². The maximum absolute atomic E-state index is 5.80. The topological polar surface area (TPSA) is 38.0 Å². The van der Waals surface area contributed by atoms with Crippen molar-refractivity contribution in [3.05, 3.63) is 36.4 Å². The van der Waals surface area contributed by atoms with E-state index in [0.717, 1.165) is 11.4 Å². The number of nitrogens with one attached hydrogen (secondary N) is 1. The van der Waals surface area contributed by atoms with Gasteiger partial charge < -0.3 is 11.1 Å². The second-order valence-corrected chi connectivity index (χ2v) is 3.26. The summed E-state index contributed by atoms with van der Waals surface area (Å²) in [4.78, 5) is 0. The molecular weight excluding hydrogens is 160 g/mol. The highest BCUT2D eigenvalue weighted by molar-refractivity contribution is 5.67. The van der Waals surface area contributed by atoms with Gasteiger partial charge in [-0.25, -0.2) is 0 Å². The lowest BCUT2D eigenvalue weighted by Crippen LogP contribution is -2.12. The van der Waals surface area contributed by atoms with E-state index in [1.54, 1.807) is 0 Å². The molecule has 1 atom stereocenters. The number of anilines is 2. The van der Waals surface area contributed by atoms with E-state index in [2.05, 4.69) is 11.9 Å². The number of nitrogen functional groups attached to an aromatic ring is 1. The van der Waals surface area contributed by atoms with Crippen LogP contribution in [-0.2, 0) is 0 Å². The molecule has 3 N–H and O–H groups in total. The third-order valence-electron chi connectivity index (χ3n) is 1.95. The van der Waals surface area contributed by atoms with Crippen LogP contribution in [0.15, 0.2) is 30.9 Å². The number of nitrogens with two attached hydrogens (primary N) is 1. The number of benzene rings is 1. The molecule has 0 fully saturated rings. The molecule has 0 saturated carbocycles. The van der Waals surface area contributed by atoms with E-state index in [0.29, 0.717) is 0 Å². The molecule has 0 amide bonds. The zero-order valence-electron chi connectivity index (χ0n) is 8.17. The lowest BCUT2D eigenvalue weighted by atomic mass is 10.2. The summed E-state index contributed by atoms with van der Waals surface area (Å²) in [7, 11) is 0. The van der Waals surface area contributed by atoms with Crippen LogP contribution in [0.4, 0.5) is 11.4 Å². The Bertz CT molecular complexity index is 305. The first-order chi connectivity index (χ1) is 6.13. The van der Waals surface area contributed by atoms with Crippen molar-refractivity contribution in [2.24, 2.45) is 0 Å². The summed E-state index contributed by atoms with van der Waals surface area (Å²) in [6.45, 7) is 7.79. The highest BCUT2D eigenvalue weighted by Crippen LogP contribution is 2.20. The molecule has 1 rings (SSSR count). The highest BCUT2D eigenvalue weighted by Gasteiger charge is 2.00. The molecule has 2 heteroatoms. The number of rotatable bonds is 3. The molecular formula is C11H16N2. The van der Waals surface area contributed by atoms with Gasteiger partial charge in [-0.2, -0.15) is 0 Å². The molecule has 0 aromatic heterocycles. The summed E-state index contributed by atoms with van der Waals surface area (Å²) in [5.74, 6) is 0. The van der Waals surface area contributed by atoms with Crippen LogP contribution in [0.2, 0.25) is 0 Å². The second kappa shape index (κ2) is 3.99. The van der Waals surface area contributed by atoms with Gasteiger partial charge in [0, 0.05) is 6.04 Å². The Morgan fingerprint density at radius 1 is 1.54 bits per heavy atom. The smallest absolute Gasteiger partial charge is 0.0581 e. The van der Waals surface area contributed by atoms with Gasteiger partial charge in [-0.3, -0.25) is 0 Å². The lowest BCUT2D eigenvalue weighted by molar-refractivity contribution is 1.00. The fourth-order valence-corrected chi connectivity index (χ4v) is 1.10. The van der Waals surface area contributed by atoms with Crippen molar-refractivity contribution in [1.82, 2.24) is 0 Å². The number of hydrogen-bond donors (Lipinski definition) is 2. The first-order valence-electron chi connectivity index (χ1n) is 4.38. The molecule has 70 valence electrons. The van der Waals surface area contributed by atoms with Gasteiger partial charge in [-0.05, 0) is 31.5 Å². The van der Waals surface area contributed by atoms with E-state index in [-0.39, 0.29) is 6.04 Å². The minimum absolute atomic E-state index is 0.240. The third-order valence-corrected chi connectivity index (χ3v) is 1.95. The predicted octanol–water partition coefficient (Wildman–Crippen LogP) is 2.56. The van der Waals surface area contributed by atoms with Crippen molar-refractivity contribution in [3.63, 3.8) is 0 Å². The molecule has 0 aliphatic rings. The first kappa shape index (κ1) is 9.65. The lowest BCUT2D eigenvalue weighted by Gasteiger charge is -2.13. The van der Waals surface area contributed by atoms with Crippen molar-refractivity contribution in [1.29, 1.82) is 0 Å². The summed E-state index contributed by atoms with van der Waals surface area (Å²) in [6.07, 6.45) is 1.85. The molecule has 2 nitrogen and oxygen atoms in total. The summed E-state index contributed by atoms with van der Waals surface area (Å²) in [5.41, 5.74) is 8.75. The second-order valence-electron chi connectivity index (χ2n) is 3.26. The minimum atomic E-state index is 0.240. The van der Waals surface area contributed by atoms with E-state index in [1.165, 1.54) is 5.56 Å². The van der Waals surface area contributed by atoms with Crippen LogP contribution in [0.1, 0.15) is 12.5 Å². The molecule has 13 heavy (non-hydrogen) atoms. The van der Waals surface area contributed by atoms with Crippen molar-refractivity contribution in [2.45, 2.75) is 19.9 Å². The summed E-state index contributed by atoms with van der Waals surface area (Å²) >= 11 is 0. The van der Waals surface area contributed by atoms with Gasteiger partial charge in [0.05, 0.1) is 11.4 Å². The van der Waals surface area contributed by atoms with Crippen LogP contribution >= 0.6 is 0 Å². The quantitative estimate of drug-likeness (QED) is 0.548. The Hall–Kier alpha value is -1.44. The average Bonchev–Trinajstić information content (AvgIpc) is 2.11. The Balaban J connectivity index is 2.86. The molecule has 1 unspecified atom stereocenters. The van der Waals surface area contributed by atoms with E-state index in [4.69, 9.17) is 5.73 Å². The Labute approximate surface area is 79.5 Å². The molecule has 0 saturated heterocycles. The fourth-order valence-electron chi connectivity index (χ4n) is 1.10. The summed E-state index contributed by atoms with van der Waals surface area (Å²) < 4.78 is 0. The van der Waals surface area contributed by atoms with Crippen LogP contribution in [0.5, 0.6) is 0 Å². The third kappa shape index (κ3) is 2.51. The molecule has 0 heterocycles. The molecule has 0 aliphatic carbocycles. The largest absolute Gasteiger partial charge is 0.397 e. The molecule has 1 aromatic rings. The standard InChI is InChI=1S/C11H16N2/c1-4-9(3)13-11-7-8(2)5-6-10(11)12/h4-7,9,13H,1,12H2,2-3H3. The van der Waals surface area contributed by atoms with Crippen molar-refractivity contribution in [3.8, 4) is 0 Å². The summed E-state index contributed by atoms with van der Waals surface area (Å²) in [5, 5.41) is 3.26. The maximum Gasteiger partial charge on any atom is 0.0581 e. The monoisotopic (exact) mass is 176 g/mol. The van der Waals surface area contributed by atoms with E-state index >= 15 is 0 Å². The van der Waals surface area contributed by atoms with Gasteiger partial charge in [0.15, 0.2) is 0 Å². The average molecular weight is 176 g/mol. The zero-order valence-corrected chi connectivity index (χ0v) is 8.17. The minimum Gasteiger partial charge on any atom is -0.397 e. The van der Waals surface area contributed by atoms with E-state index in [9.17, 15) is 0 Å². The summed E-state index contributed by atoms with van der Waals surface area (Å²) in [6, 6.07) is 6.19. The molecule has 0 radical (unpaired) electrons. The van der Waals surface area contributed by atoms with Gasteiger partial charge in [0.1, 0.15) is 0 Å². The van der Waals surface area contributed by atoms with Crippen LogP contribution in [0.25, 0.3) is 0 Å². The number of aryl methyl sites for hydroxylation is 1. The Morgan fingerprint density at radius 3 is 2.85 bits per heavy atom. The van der Waals surface area contributed by atoms with Gasteiger partial charge in [0.2, 0.25) is 0 Å². The van der Waals surface area contributed by atoms with E-state index in [1.807, 2.05) is 38.1 Å². The molecule has 0 bridgehead atoms. The van der Waals surface area contributed by atoms with Crippen molar-refractivity contribution >= 4 is 11.4 Å². The van der Waals surface area contributed by atoms with Gasteiger partial charge >= 0.3 is 0 Å². The normalized spacial score (nSPS) is 12.2. The Kier molecular flexibility index (Phi) is 2.96. The van der Waals surface area contributed by atoms with Crippen LogP contribution < -0.4 is 11.1 Å². The predicted molar refractivity (Wildman–Crippen MR) is 58.9 cm³/mol. The van der Waals surface area contributed by atoms with Gasteiger partial charge in [-0.1, -0.05) is 12.1 Å².